The van der Waals surface area contributed by atoms with Crippen LogP contribution in [-0.2, 0) is 0 Å². The van der Waals surface area contributed by atoms with Crippen molar-refractivity contribution in [3.8, 4) is 0 Å². The van der Waals surface area contributed by atoms with Crippen LogP contribution in [0.3, 0.4) is 0 Å². The molecule has 1 heterocycles. The predicted octanol–water partition coefficient (Wildman–Crippen LogP) is 3.47. The summed E-state index contributed by atoms with van der Waals surface area (Å²) >= 11 is 8.17. The van der Waals surface area contributed by atoms with Crippen molar-refractivity contribution in [3.63, 3.8) is 0 Å². The summed E-state index contributed by atoms with van der Waals surface area (Å²) in [5, 5.41) is -0.976. The third kappa shape index (κ3) is 2.27. The molecule has 0 atom stereocenters. The van der Waals surface area contributed by atoms with Crippen LogP contribution >= 0.6 is 27.5 Å². The number of aryl methyl sites for hydroxylation is 1. The molecule has 1 rings (SSSR count). The van der Waals surface area contributed by atoms with Crippen molar-refractivity contribution in [3.05, 3.63) is 27.5 Å². The Balaban J connectivity index is 3.39. The molecule has 0 saturated carbocycles. The van der Waals surface area contributed by atoms with Crippen molar-refractivity contribution in [1.29, 1.82) is 0 Å². The zero-order valence-corrected chi connectivity index (χ0v) is 9.36. The van der Waals surface area contributed by atoms with Crippen LogP contribution in [0.25, 0.3) is 0 Å². The fraction of sp³-hybridized carbons (Fsp3) is 0.250. The topological polar surface area (TPSA) is 30.0 Å². The summed E-state index contributed by atoms with van der Waals surface area (Å²) in [6.07, 6.45) is -2.77. The van der Waals surface area contributed by atoms with Crippen LogP contribution in [0, 0.1) is 6.92 Å². The summed E-state index contributed by atoms with van der Waals surface area (Å²) in [6, 6.07) is 1.16. The van der Waals surface area contributed by atoms with Crippen molar-refractivity contribution in [2.75, 3.05) is 0 Å². The van der Waals surface area contributed by atoms with Crippen LogP contribution in [0.4, 0.5) is 8.78 Å². The summed E-state index contributed by atoms with van der Waals surface area (Å²) in [5.41, 5.74) is -0.400. The molecule has 6 heteroatoms. The Kier molecular flexibility index (Phi) is 3.55. The molecular formula is C8H5BrClF2NO. The summed E-state index contributed by atoms with van der Waals surface area (Å²) in [4.78, 5) is 14.5. The van der Waals surface area contributed by atoms with Gasteiger partial charge in [-0.1, -0.05) is 0 Å². The third-order valence-corrected chi connectivity index (χ3v) is 2.58. The van der Waals surface area contributed by atoms with E-state index in [2.05, 4.69) is 20.9 Å². The zero-order valence-electron chi connectivity index (χ0n) is 7.02. The minimum absolute atomic E-state index is 0.387. The zero-order chi connectivity index (χ0) is 10.9. The smallest absolute Gasteiger partial charge is 0.271 e. The second-order valence-electron chi connectivity index (χ2n) is 2.57. The predicted molar refractivity (Wildman–Crippen MR) is 51.8 cm³/mol. The van der Waals surface area contributed by atoms with Crippen molar-refractivity contribution in [1.82, 2.24) is 4.98 Å². The number of alkyl halides is 2. The average molecular weight is 284 g/mol. The Morgan fingerprint density at radius 1 is 1.64 bits per heavy atom. The molecule has 0 bridgehead atoms. The van der Waals surface area contributed by atoms with Gasteiger partial charge in [0.2, 0.25) is 0 Å². The van der Waals surface area contributed by atoms with E-state index in [-0.39, 0.29) is 5.69 Å². The van der Waals surface area contributed by atoms with Gasteiger partial charge in [-0.3, -0.25) is 4.79 Å². The number of nitrogens with zero attached hydrogens (tertiary/aromatic N) is 1. The highest BCUT2D eigenvalue weighted by atomic mass is 79.9. The number of aromatic nitrogens is 1. The number of pyridine rings is 1. The molecule has 1 aromatic rings. The fourth-order valence-electron chi connectivity index (χ4n) is 0.919. The van der Waals surface area contributed by atoms with E-state index >= 15 is 0 Å². The SMILES string of the molecule is Cc1nc(C(=O)Cl)c(C(F)F)cc1Br. The maximum Gasteiger partial charge on any atom is 0.271 e. The minimum atomic E-state index is -2.77. The molecule has 14 heavy (non-hydrogen) atoms. The largest absolute Gasteiger partial charge is 0.274 e. The number of hydrogen-bond acceptors (Lipinski definition) is 2. The molecule has 0 aliphatic heterocycles. The number of hydrogen-bond donors (Lipinski definition) is 0. The van der Waals surface area contributed by atoms with Gasteiger partial charge in [-0.25, -0.2) is 13.8 Å². The molecule has 0 amide bonds. The van der Waals surface area contributed by atoms with Gasteiger partial charge in [0.1, 0.15) is 5.69 Å². The lowest BCUT2D eigenvalue weighted by Gasteiger charge is -2.06. The quantitative estimate of drug-likeness (QED) is 0.778. The van der Waals surface area contributed by atoms with E-state index < -0.39 is 17.2 Å². The molecule has 1 aromatic heterocycles. The van der Waals surface area contributed by atoms with Crippen molar-refractivity contribution in [2.45, 2.75) is 13.3 Å². The summed E-state index contributed by atoms with van der Waals surface area (Å²) < 4.78 is 25.3. The van der Waals surface area contributed by atoms with Crippen molar-refractivity contribution < 1.29 is 13.6 Å². The van der Waals surface area contributed by atoms with Crippen LogP contribution in [0.15, 0.2) is 10.5 Å². The van der Waals surface area contributed by atoms with Gasteiger partial charge in [-0.05, 0) is 40.5 Å². The van der Waals surface area contributed by atoms with Gasteiger partial charge < -0.3 is 0 Å². The van der Waals surface area contributed by atoms with Gasteiger partial charge in [0.15, 0.2) is 0 Å². The second-order valence-corrected chi connectivity index (χ2v) is 3.77. The number of carbonyl (C=O) groups is 1. The molecule has 0 saturated heterocycles. The summed E-state index contributed by atoms with van der Waals surface area (Å²) in [7, 11) is 0. The molecule has 0 radical (unpaired) electrons. The lowest BCUT2D eigenvalue weighted by Crippen LogP contribution is -2.04. The third-order valence-electron chi connectivity index (χ3n) is 1.60. The molecule has 0 aliphatic carbocycles. The summed E-state index contributed by atoms with van der Waals surface area (Å²) in [6.45, 7) is 1.59. The first kappa shape index (κ1) is 11.5. The number of rotatable bonds is 2. The first-order valence-electron chi connectivity index (χ1n) is 3.58. The lowest BCUT2D eigenvalue weighted by molar-refractivity contribution is 0.106. The number of halogens is 4. The molecule has 0 N–H and O–H groups in total. The molecule has 0 aromatic carbocycles. The normalized spacial score (nSPS) is 10.7. The Morgan fingerprint density at radius 3 is 2.64 bits per heavy atom. The van der Waals surface area contributed by atoms with E-state index in [0.29, 0.717) is 10.2 Å². The van der Waals surface area contributed by atoms with Crippen molar-refractivity contribution >= 4 is 32.8 Å². The molecule has 2 nitrogen and oxygen atoms in total. The summed E-state index contributed by atoms with van der Waals surface area (Å²) in [5.74, 6) is 0. The Labute approximate surface area is 92.4 Å². The highest BCUT2D eigenvalue weighted by Gasteiger charge is 2.20. The number of carbonyl (C=O) groups excluding carboxylic acids is 1. The van der Waals surface area contributed by atoms with E-state index in [1.54, 1.807) is 6.92 Å². The van der Waals surface area contributed by atoms with E-state index in [1.165, 1.54) is 0 Å². The Hall–Kier alpha value is -0.550. The van der Waals surface area contributed by atoms with Gasteiger partial charge in [-0.2, -0.15) is 0 Å². The fourth-order valence-corrected chi connectivity index (χ4v) is 1.41. The molecular weight excluding hydrogens is 279 g/mol. The van der Waals surface area contributed by atoms with Gasteiger partial charge in [0.05, 0.1) is 5.69 Å². The first-order valence-corrected chi connectivity index (χ1v) is 4.75. The standard InChI is InChI=1S/C8H5BrClF2NO/c1-3-5(9)2-4(8(11)12)6(13-3)7(10)14/h2,8H,1H3. The molecule has 0 aliphatic rings. The van der Waals surface area contributed by atoms with Crippen LogP contribution in [0.2, 0.25) is 0 Å². The highest BCUT2D eigenvalue weighted by molar-refractivity contribution is 9.10. The van der Waals surface area contributed by atoms with E-state index in [4.69, 9.17) is 11.6 Å². The van der Waals surface area contributed by atoms with E-state index in [9.17, 15) is 13.6 Å². The van der Waals surface area contributed by atoms with Gasteiger partial charge in [0.25, 0.3) is 11.7 Å². The monoisotopic (exact) mass is 283 g/mol. The van der Waals surface area contributed by atoms with Crippen LogP contribution in [0.1, 0.15) is 28.2 Å². The molecule has 0 unspecified atom stereocenters. The van der Waals surface area contributed by atoms with E-state index in [1.807, 2.05) is 0 Å². The van der Waals surface area contributed by atoms with Gasteiger partial charge in [0, 0.05) is 10.0 Å². The second kappa shape index (κ2) is 4.31. The molecule has 76 valence electrons. The maximum absolute atomic E-state index is 12.4. The van der Waals surface area contributed by atoms with Crippen LogP contribution < -0.4 is 0 Å². The Morgan fingerprint density at radius 2 is 2.21 bits per heavy atom. The maximum atomic E-state index is 12.4. The Bertz CT molecular complexity index is 384. The van der Waals surface area contributed by atoms with Gasteiger partial charge >= 0.3 is 0 Å². The lowest BCUT2D eigenvalue weighted by atomic mass is 10.2. The highest BCUT2D eigenvalue weighted by Crippen LogP contribution is 2.27. The van der Waals surface area contributed by atoms with Crippen LogP contribution in [0.5, 0.6) is 0 Å². The average Bonchev–Trinajstić information content (AvgIpc) is 2.08. The van der Waals surface area contributed by atoms with Gasteiger partial charge in [-0.15, -0.1) is 0 Å². The minimum Gasteiger partial charge on any atom is -0.274 e. The first-order chi connectivity index (χ1) is 6.43. The molecule has 0 fully saturated rings. The van der Waals surface area contributed by atoms with E-state index in [0.717, 1.165) is 6.07 Å². The van der Waals surface area contributed by atoms with Crippen molar-refractivity contribution in [2.24, 2.45) is 0 Å². The molecule has 0 spiro atoms. The van der Waals surface area contributed by atoms with Crippen LogP contribution in [-0.4, -0.2) is 10.2 Å².